The van der Waals surface area contributed by atoms with Gasteiger partial charge in [-0.1, -0.05) is 28.1 Å². The summed E-state index contributed by atoms with van der Waals surface area (Å²) in [5.74, 6) is 0.371. The van der Waals surface area contributed by atoms with E-state index in [1.165, 1.54) is 0 Å². The molecule has 0 aliphatic heterocycles. The Labute approximate surface area is 115 Å². The summed E-state index contributed by atoms with van der Waals surface area (Å²) in [7, 11) is 0. The van der Waals surface area contributed by atoms with Gasteiger partial charge in [-0.3, -0.25) is 9.59 Å². The smallest absolute Gasteiger partial charge is 0.223 e. The Hall–Kier alpha value is -1.16. The van der Waals surface area contributed by atoms with Gasteiger partial charge in [0.25, 0.3) is 0 Å². The molecule has 0 radical (unpaired) electrons. The van der Waals surface area contributed by atoms with E-state index < -0.39 is 0 Å². The molecular formula is C14H16BrNO2. The Morgan fingerprint density at radius 1 is 1.22 bits per heavy atom. The van der Waals surface area contributed by atoms with Crippen LogP contribution in [0.5, 0.6) is 0 Å². The molecule has 0 bridgehead atoms. The minimum atomic E-state index is 0.0122. The lowest BCUT2D eigenvalue weighted by Gasteiger charge is -2.20. The summed E-state index contributed by atoms with van der Waals surface area (Å²) >= 11 is 3.37. The number of hydrogen-bond acceptors (Lipinski definition) is 2. The van der Waals surface area contributed by atoms with Crippen LogP contribution in [-0.4, -0.2) is 11.7 Å². The van der Waals surface area contributed by atoms with Crippen molar-refractivity contribution in [1.82, 2.24) is 5.32 Å². The van der Waals surface area contributed by atoms with Gasteiger partial charge in [-0.15, -0.1) is 0 Å². The van der Waals surface area contributed by atoms with Crippen LogP contribution in [0.3, 0.4) is 0 Å². The van der Waals surface area contributed by atoms with Gasteiger partial charge in [0, 0.05) is 29.8 Å². The van der Waals surface area contributed by atoms with Gasteiger partial charge in [0.2, 0.25) is 5.91 Å². The molecule has 1 amide bonds. The maximum Gasteiger partial charge on any atom is 0.223 e. The summed E-state index contributed by atoms with van der Waals surface area (Å²) in [6.07, 6.45) is 2.50. The Morgan fingerprint density at radius 3 is 2.44 bits per heavy atom. The number of carbonyl (C=O) groups excluding carboxylic acids is 2. The van der Waals surface area contributed by atoms with E-state index in [2.05, 4.69) is 21.2 Å². The Bertz CT molecular complexity index is 432. The molecule has 0 saturated heterocycles. The fourth-order valence-electron chi connectivity index (χ4n) is 2.14. The molecule has 1 aromatic carbocycles. The fourth-order valence-corrected chi connectivity index (χ4v) is 2.40. The average Bonchev–Trinajstić information content (AvgIpc) is 2.38. The minimum Gasteiger partial charge on any atom is -0.352 e. The summed E-state index contributed by atoms with van der Waals surface area (Å²) in [6, 6.07) is 7.88. The highest BCUT2D eigenvalue weighted by Gasteiger charge is 2.24. The molecule has 0 atom stereocenters. The van der Waals surface area contributed by atoms with E-state index in [-0.39, 0.29) is 17.6 Å². The Morgan fingerprint density at radius 2 is 1.83 bits per heavy atom. The topological polar surface area (TPSA) is 46.2 Å². The normalized spacial score (nSPS) is 16.6. The van der Waals surface area contributed by atoms with Crippen molar-refractivity contribution in [2.24, 2.45) is 5.92 Å². The number of carbonyl (C=O) groups is 2. The summed E-state index contributed by atoms with van der Waals surface area (Å²) in [5, 5.41) is 2.94. The lowest BCUT2D eigenvalue weighted by molar-refractivity contribution is -0.128. The summed E-state index contributed by atoms with van der Waals surface area (Å²) in [5.41, 5.74) is 1.08. The molecule has 1 aromatic rings. The molecule has 0 aromatic heterocycles. The van der Waals surface area contributed by atoms with Crippen LogP contribution in [0, 0.1) is 5.92 Å². The molecule has 0 spiro atoms. The van der Waals surface area contributed by atoms with Gasteiger partial charge in [-0.25, -0.2) is 0 Å². The highest BCUT2D eigenvalue weighted by molar-refractivity contribution is 9.10. The third-order valence-electron chi connectivity index (χ3n) is 3.29. The number of ketones is 1. The first-order chi connectivity index (χ1) is 8.65. The highest BCUT2D eigenvalue weighted by atomic mass is 79.9. The van der Waals surface area contributed by atoms with Crippen LogP contribution < -0.4 is 5.32 Å². The average molecular weight is 310 g/mol. The van der Waals surface area contributed by atoms with Crippen LogP contribution in [0.2, 0.25) is 0 Å². The number of Topliss-reactive ketones (excluding diaryl/α,β-unsaturated/α-hetero) is 1. The van der Waals surface area contributed by atoms with Gasteiger partial charge in [-0.2, -0.15) is 0 Å². The van der Waals surface area contributed by atoms with Crippen LogP contribution >= 0.6 is 15.9 Å². The second-order valence-electron chi connectivity index (χ2n) is 4.66. The predicted molar refractivity (Wildman–Crippen MR) is 73.0 cm³/mol. The Kier molecular flexibility index (Phi) is 4.53. The van der Waals surface area contributed by atoms with Crippen molar-refractivity contribution >= 4 is 27.6 Å². The van der Waals surface area contributed by atoms with Crippen molar-refractivity contribution in [3.63, 3.8) is 0 Å². The standard InChI is InChI=1S/C14H16BrNO2/c15-12-5-1-10(2-6-12)9-16-14(18)11-3-7-13(17)8-4-11/h1-2,5-6,11H,3-4,7-9H2,(H,16,18). The van der Waals surface area contributed by atoms with E-state index in [1.54, 1.807) is 0 Å². The van der Waals surface area contributed by atoms with Crippen LogP contribution in [0.4, 0.5) is 0 Å². The quantitative estimate of drug-likeness (QED) is 0.933. The monoisotopic (exact) mass is 309 g/mol. The molecule has 96 valence electrons. The zero-order chi connectivity index (χ0) is 13.0. The summed E-state index contributed by atoms with van der Waals surface area (Å²) in [4.78, 5) is 23.0. The molecule has 1 fully saturated rings. The van der Waals surface area contributed by atoms with Gasteiger partial charge in [-0.05, 0) is 30.5 Å². The molecule has 1 N–H and O–H groups in total. The van der Waals surface area contributed by atoms with Crippen LogP contribution in [0.1, 0.15) is 31.2 Å². The molecule has 2 rings (SSSR count). The first-order valence-corrected chi connectivity index (χ1v) is 6.98. The first kappa shape index (κ1) is 13.3. The first-order valence-electron chi connectivity index (χ1n) is 6.19. The lowest BCUT2D eigenvalue weighted by atomic mass is 9.88. The predicted octanol–water partition coefficient (Wildman–Crippen LogP) is 2.82. The highest BCUT2D eigenvalue weighted by Crippen LogP contribution is 2.21. The van der Waals surface area contributed by atoms with Crippen LogP contribution in [0.15, 0.2) is 28.7 Å². The molecular weight excluding hydrogens is 294 g/mol. The van der Waals surface area contributed by atoms with E-state index in [0.717, 1.165) is 10.0 Å². The number of nitrogens with one attached hydrogen (secondary N) is 1. The van der Waals surface area contributed by atoms with Crippen molar-refractivity contribution in [3.8, 4) is 0 Å². The van der Waals surface area contributed by atoms with Crippen LogP contribution in [0.25, 0.3) is 0 Å². The van der Waals surface area contributed by atoms with Gasteiger partial charge in [0.15, 0.2) is 0 Å². The van der Waals surface area contributed by atoms with Gasteiger partial charge >= 0.3 is 0 Å². The van der Waals surface area contributed by atoms with E-state index in [1.807, 2.05) is 24.3 Å². The van der Waals surface area contributed by atoms with Gasteiger partial charge in [0.1, 0.15) is 5.78 Å². The summed E-state index contributed by atoms with van der Waals surface area (Å²) in [6.45, 7) is 0.552. The number of halogens is 1. The van der Waals surface area contributed by atoms with Crippen molar-refractivity contribution < 1.29 is 9.59 Å². The molecule has 0 heterocycles. The third kappa shape index (κ3) is 3.67. The SMILES string of the molecule is O=C1CCC(C(=O)NCc2ccc(Br)cc2)CC1. The zero-order valence-corrected chi connectivity index (χ0v) is 11.7. The van der Waals surface area contributed by atoms with Crippen molar-refractivity contribution in [2.45, 2.75) is 32.2 Å². The third-order valence-corrected chi connectivity index (χ3v) is 3.82. The maximum atomic E-state index is 11.9. The summed E-state index contributed by atoms with van der Waals surface area (Å²) < 4.78 is 1.03. The van der Waals surface area contributed by atoms with Crippen LogP contribution in [-0.2, 0) is 16.1 Å². The molecule has 0 unspecified atom stereocenters. The minimum absolute atomic E-state index is 0.0122. The van der Waals surface area contributed by atoms with Crippen molar-refractivity contribution in [3.05, 3.63) is 34.3 Å². The molecule has 1 aliphatic carbocycles. The van der Waals surface area contributed by atoms with Crippen molar-refractivity contribution in [1.29, 1.82) is 0 Å². The molecule has 1 saturated carbocycles. The second kappa shape index (κ2) is 6.14. The van der Waals surface area contributed by atoms with E-state index in [0.29, 0.717) is 32.2 Å². The number of hydrogen-bond donors (Lipinski definition) is 1. The molecule has 4 heteroatoms. The Balaban J connectivity index is 1.81. The van der Waals surface area contributed by atoms with Gasteiger partial charge in [0.05, 0.1) is 0 Å². The molecule has 18 heavy (non-hydrogen) atoms. The van der Waals surface area contributed by atoms with E-state index in [4.69, 9.17) is 0 Å². The number of benzene rings is 1. The fraction of sp³-hybridized carbons (Fsp3) is 0.429. The van der Waals surface area contributed by atoms with E-state index in [9.17, 15) is 9.59 Å². The van der Waals surface area contributed by atoms with Crippen molar-refractivity contribution in [2.75, 3.05) is 0 Å². The number of rotatable bonds is 3. The molecule has 1 aliphatic rings. The van der Waals surface area contributed by atoms with E-state index >= 15 is 0 Å². The number of amides is 1. The van der Waals surface area contributed by atoms with Gasteiger partial charge < -0.3 is 5.32 Å². The maximum absolute atomic E-state index is 11.9. The lowest BCUT2D eigenvalue weighted by Crippen LogP contribution is -2.32. The molecule has 3 nitrogen and oxygen atoms in total. The largest absolute Gasteiger partial charge is 0.352 e. The zero-order valence-electron chi connectivity index (χ0n) is 10.1. The second-order valence-corrected chi connectivity index (χ2v) is 5.57.